The molecule has 0 aliphatic carbocycles. The Labute approximate surface area is 114 Å². The molecule has 2 heterocycles. The number of aromatic nitrogens is 1. The molecule has 1 aliphatic rings. The first-order valence-corrected chi connectivity index (χ1v) is 7.13. The van der Waals surface area contributed by atoms with E-state index in [1.165, 1.54) is 11.3 Å². The number of fused-ring (bicyclic) bond motifs is 1. The maximum atomic E-state index is 12.1. The number of nitrogens with zero attached hydrogens (tertiary/aromatic N) is 2. The second-order valence-electron chi connectivity index (χ2n) is 4.66. The van der Waals surface area contributed by atoms with Gasteiger partial charge < -0.3 is 10.0 Å². The molecule has 1 unspecified atom stereocenters. The summed E-state index contributed by atoms with van der Waals surface area (Å²) in [7, 11) is 0. The lowest BCUT2D eigenvalue weighted by atomic mass is 10.1. The third-order valence-corrected chi connectivity index (χ3v) is 4.14. The summed E-state index contributed by atoms with van der Waals surface area (Å²) in [5, 5.41) is 13.0. The average Bonchev–Trinajstić information content (AvgIpc) is 2.80. The highest BCUT2D eigenvalue weighted by atomic mass is 32.1. The second-order valence-corrected chi connectivity index (χ2v) is 5.69. The molecule has 0 saturated carbocycles. The van der Waals surface area contributed by atoms with Crippen molar-refractivity contribution in [2.24, 2.45) is 0 Å². The number of piperidine rings is 1. The molecule has 6 heteroatoms. The minimum absolute atomic E-state index is 0.183. The number of carbonyl (C=O) groups excluding carboxylic acids is 1. The molecule has 1 aromatic carbocycles. The number of rotatable bonds is 1. The van der Waals surface area contributed by atoms with Crippen LogP contribution in [0.4, 0.5) is 9.93 Å². The quantitative estimate of drug-likeness (QED) is 0.840. The van der Waals surface area contributed by atoms with Crippen LogP contribution in [0, 0.1) is 0 Å². The van der Waals surface area contributed by atoms with Gasteiger partial charge in [0.2, 0.25) is 0 Å². The second kappa shape index (κ2) is 5.14. The van der Waals surface area contributed by atoms with Gasteiger partial charge in [-0.05, 0) is 25.0 Å². The molecular formula is C13H15N3O2S. The van der Waals surface area contributed by atoms with Crippen molar-refractivity contribution >= 4 is 32.7 Å². The standard InChI is InChI=1S/C13H15N3O2S/c17-9-4-3-7-16(8-9)13(18)15-12-14-10-5-1-2-6-11(10)19-12/h1-2,5-6,9,17H,3-4,7-8H2,(H,14,15,18). The van der Waals surface area contributed by atoms with Crippen LogP contribution in [-0.4, -0.2) is 40.2 Å². The van der Waals surface area contributed by atoms with Crippen LogP contribution >= 0.6 is 11.3 Å². The number of benzene rings is 1. The molecule has 2 amide bonds. The summed E-state index contributed by atoms with van der Waals surface area (Å²) in [6.45, 7) is 1.09. The maximum Gasteiger partial charge on any atom is 0.323 e. The number of aliphatic hydroxyl groups is 1. The van der Waals surface area contributed by atoms with Gasteiger partial charge in [0.25, 0.3) is 0 Å². The number of β-amino-alcohol motifs (C(OH)–C–C–N with tert-alkyl or cyclic N) is 1. The predicted octanol–water partition coefficient (Wildman–Crippen LogP) is 2.28. The predicted molar refractivity (Wildman–Crippen MR) is 75.5 cm³/mol. The highest BCUT2D eigenvalue weighted by Gasteiger charge is 2.22. The van der Waals surface area contributed by atoms with E-state index in [1.54, 1.807) is 4.90 Å². The number of nitrogens with one attached hydrogen (secondary N) is 1. The van der Waals surface area contributed by atoms with E-state index in [0.29, 0.717) is 18.2 Å². The summed E-state index contributed by atoms with van der Waals surface area (Å²) in [6, 6.07) is 7.60. The Bertz CT molecular complexity index is 565. The number of likely N-dealkylation sites (tertiary alicyclic amines) is 1. The molecule has 2 aromatic rings. The Morgan fingerprint density at radius 3 is 3.11 bits per heavy atom. The molecule has 1 saturated heterocycles. The molecule has 19 heavy (non-hydrogen) atoms. The minimum atomic E-state index is -0.408. The lowest BCUT2D eigenvalue weighted by molar-refractivity contribution is 0.0883. The molecule has 0 spiro atoms. The Morgan fingerprint density at radius 1 is 1.47 bits per heavy atom. The minimum Gasteiger partial charge on any atom is -0.391 e. The first kappa shape index (κ1) is 12.4. The normalized spacial score (nSPS) is 19.6. The van der Waals surface area contributed by atoms with Gasteiger partial charge in [0.1, 0.15) is 0 Å². The first-order valence-electron chi connectivity index (χ1n) is 6.32. The van der Waals surface area contributed by atoms with Crippen LogP contribution in [0.25, 0.3) is 10.2 Å². The molecule has 5 nitrogen and oxygen atoms in total. The summed E-state index contributed by atoms with van der Waals surface area (Å²) in [5.41, 5.74) is 0.890. The number of urea groups is 1. The summed E-state index contributed by atoms with van der Waals surface area (Å²) in [5.74, 6) is 0. The van der Waals surface area contributed by atoms with E-state index < -0.39 is 6.10 Å². The van der Waals surface area contributed by atoms with Gasteiger partial charge in [-0.15, -0.1) is 0 Å². The number of anilines is 1. The molecule has 0 bridgehead atoms. The van der Waals surface area contributed by atoms with Crippen LogP contribution in [0.1, 0.15) is 12.8 Å². The van der Waals surface area contributed by atoms with Gasteiger partial charge in [0.05, 0.1) is 16.3 Å². The van der Waals surface area contributed by atoms with E-state index in [4.69, 9.17) is 0 Å². The van der Waals surface area contributed by atoms with E-state index in [2.05, 4.69) is 10.3 Å². The van der Waals surface area contributed by atoms with Gasteiger partial charge in [-0.25, -0.2) is 9.78 Å². The van der Waals surface area contributed by atoms with Gasteiger partial charge in [-0.1, -0.05) is 23.5 Å². The monoisotopic (exact) mass is 277 g/mol. The summed E-state index contributed by atoms with van der Waals surface area (Å²) >= 11 is 1.46. The summed E-state index contributed by atoms with van der Waals surface area (Å²) in [6.07, 6.45) is 1.20. The molecular weight excluding hydrogens is 262 g/mol. The van der Waals surface area contributed by atoms with Gasteiger partial charge >= 0.3 is 6.03 Å². The van der Waals surface area contributed by atoms with Crippen molar-refractivity contribution in [3.8, 4) is 0 Å². The third-order valence-electron chi connectivity index (χ3n) is 3.19. The van der Waals surface area contributed by atoms with Gasteiger partial charge in [-0.3, -0.25) is 5.32 Å². The fourth-order valence-electron chi connectivity index (χ4n) is 2.24. The van der Waals surface area contributed by atoms with E-state index in [0.717, 1.165) is 23.1 Å². The fraction of sp³-hybridized carbons (Fsp3) is 0.385. The number of para-hydroxylation sites is 1. The molecule has 2 N–H and O–H groups in total. The lowest BCUT2D eigenvalue weighted by Crippen LogP contribution is -2.44. The molecule has 1 aliphatic heterocycles. The summed E-state index contributed by atoms with van der Waals surface area (Å²) in [4.78, 5) is 18.1. The molecule has 100 valence electrons. The molecule has 3 rings (SSSR count). The number of carbonyl (C=O) groups is 1. The van der Waals surface area contributed by atoms with Crippen LogP contribution < -0.4 is 5.32 Å². The van der Waals surface area contributed by atoms with Gasteiger partial charge in [0, 0.05) is 13.1 Å². The average molecular weight is 277 g/mol. The van der Waals surface area contributed by atoms with Crippen LogP contribution in [-0.2, 0) is 0 Å². The first-order chi connectivity index (χ1) is 9.22. The topological polar surface area (TPSA) is 65.5 Å². The van der Waals surface area contributed by atoms with Crippen molar-refractivity contribution in [3.63, 3.8) is 0 Å². The van der Waals surface area contributed by atoms with Crippen molar-refractivity contribution < 1.29 is 9.90 Å². The van der Waals surface area contributed by atoms with Crippen molar-refractivity contribution in [2.45, 2.75) is 18.9 Å². The summed E-state index contributed by atoms with van der Waals surface area (Å²) < 4.78 is 1.05. The number of hydrogen-bond acceptors (Lipinski definition) is 4. The Hall–Kier alpha value is -1.66. The Balaban J connectivity index is 1.71. The number of hydrogen-bond donors (Lipinski definition) is 2. The Morgan fingerprint density at radius 2 is 2.32 bits per heavy atom. The highest BCUT2D eigenvalue weighted by molar-refractivity contribution is 7.22. The zero-order chi connectivity index (χ0) is 13.2. The van der Waals surface area contributed by atoms with Crippen molar-refractivity contribution in [2.75, 3.05) is 18.4 Å². The van der Waals surface area contributed by atoms with Crippen molar-refractivity contribution in [1.29, 1.82) is 0 Å². The number of amides is 2. The molecule has 1 atom stereocenters. The maximum absolute atomic E-state index is 12.1. The SMILES string of the molecule is O=C(Nc1nc2ccccc2s1)N1CCCC(O)C1. The van der Waals surface area contributed by atoms with Crippen LogP contribution in [0.5, 0.6) is 0 Å². The van der Waals surface area contributed by atoms with Gasteiger partial charge in [0.15, 0.2) is 5.13 Å². The van der Waals surface area contributed by atoms with Gasteiger partial charge in [-0.2, -0.15) is 0 Å². The Kier molecular flexibility index (Phi) is 3.35. The largest absolute Gasteiger partial charge is 0.391 e. The van der Waals surface area contributed by atoms with Crippen molar-refractivity contribution in [3.05, 3.63) is 24.3 Å². The molecule has 0 radical (unpaired) electrons. The highest BCUT2D eigenvalue weighted by Crippen LogP contribution is 2.25. The van der Waals surface area contributed by atoms with E-state index in [9.17, 15) is 9.90 Å². The van der Waals surface area contributed by atoms with E-state index in [-0.39, 0.29) is 6.03 Å². The zero-order valence-electron chi connectivity index (χ0n) is 10.4. The smallest absolute Gasteiger partial charge is 0.323 e. The fourth-order valence-corrected chi connectivity index (χ4v) is 3.09. The van der Waals surface area contributed by atoms with Crippen molar-refractivity contribution in [1.82, 2.24) is 9.88 Å². The molecule has 1 fully saturated rings. The molecule has 1 aromatic heterocycles. The zero-order valence-corrected chi connectivity index (χ0v) is 11.2. The van der Waals surface area contributed by atoms with Crippen LogP contribution in [0.3, 0.4) is 0 Å². The van der Waals surface area contributed by atoms with E-state index in [1.807, 2.05) is 24.3 Å². The lowest BCUT2D eigenvalue weighted by Gasteiger charge is -2.29. The van der Waals surface area contributed by atoms with Crippen LogP contribution in [0.2, 0.25) is 0 Å². The van der Waals surface area contributed by atoms with Crippen LogP contribution in [0.15, 0.2) is 24.3 Å². The third kappa shape index (κ3) is 2.69. The number of thiazole rings is 1. The van der Waals surface area contributed by atoms with E-state index >= 15 is 0 Å². The number of aliphatic hydroxyl groups excluding tert-OH is 1.